The highest BCUT2D eigenvalue weighted by atomic mass is 19.1. The summed E-state index contributed by atoms with van der Waals surface area (Å²) in [7, 11) is 0. The zero-order valence-corrected chi connectivity index (χ0v) is 25.9. The molecule has 0 spiro atoms. The van der Waals surface area contributed by atoms with Crippen molar-refractivity contribution in [1.82, 2.24) is 15.5 Å². The topological polar surface area (TPSA) is 47.0 Å². The van der Waals surface area contributed by atoms with E-state index in [1.165, 1.54) is 80.3 Å². The zero-order chi connectivity index (χ0) is 30.6. The molecule has 0 bridgehead atoms. The van der Waals surface area contributed by atoms with Crippen molar-refractivity contribution in [3.8, 4) is 22.5 Å². The maximum Gasteiger partial charge on any atom is 0.123 e. The van der Waals surface area contributed by atoms with Crippen molar-refractivity contribution in [3.63, 3.8) is 0 Å². The molecule has 1 saturated heterocycles. The van der Waals surface area contributed by atoms with Crippen molar-refractivity contribution in [2.24, 2.45) is 0 Å². The number of halogens is 2. The molecule has 1 aliphatic rings. The first-order chi connectivity index (χ1) is 21.6. The van der Waals surface area contributed by atoms with E-state index in [1.54, 1.807) is 24.3 Å². The first-order valence-corrected chi connectivity index (χ1v) is 16.4. The number of hydrogen-bond acceptors (Lipinski definition) is 4. The van der Waals surface area contributed by atoms with Crippen LogP contribution < -0.4 is 5.32 Å². The molecule has 6 heteroatoms. The van der Waals surface area contributed by atoms with Crippen molar-refractivity contribution in [1.29, 1.82) is 0 Å². The fourth-order valence-corrected chi connectivity index (χ4v) is 6.19. The quantitative estimate of drug-likeness (QED) is 0.131. The van der Waals surface area contributed by atoms with E-state index in [-0.39, 0.29) is 11.6 Å². The van der Waals surface area contributed by atoms with Crippen LogP contribution in [0.15, 0.2) is 78.9 Å². The molecular weight excluding hydrogens is 552 g/mol. The molecule has 4 aromatic rings. The highest BCUT2D eigenvalue weighted by Crippen LogP contribution is 2.29. The van der Waals surface area contributed by atoms with Gasteiger partial charge in [0.05, 0.1) is 18.0 Å². The van der Waals surface area contributed by atoms with E-state index in [4.69, 9.17) is 4.74 Å². The van der Waals surface area contributed by atoms with Gasteiger partial charge in [0, 0.05) is 29.7 Å². The molecule has 44 heavy (non-hydrogen) atoms. The highest BCUT2D eigenvalue weighted by molar-refractivity contribution is 5.67. The Balaban J connectivity index is 1.13. The molecule has 4 nitrogen and oxygen atoms in total. The lowest BCUT2D eigenvalue weighted by molar-refractivity contribution is 0.110. The van der Waals surface area contributed by atoms with Crippen molar-refractivity contribution < 1.29 is 13.5 Å². The molecule has 0 radical (unpaired) electrons. The Morgan fingerprint density at radius 2 is 1.43 bits per heavy atom. The Morgan fingerprint density at radius 1 is 0.750 bits per heavy atom. The first-order valence-electron chi connectivity index (χ1n) is 16.4. The van der Waals surface area contributed by atoms with E-state index in [0.29, 0.717) is 30.9 Å². The van der Waals surface area contributed by atoms with Crippen LogP contribution in [0.4, 0.5) is 8.78 Å². The van der Waals surface area contributed by atoms with Crippen molar-refractivity contribution in [2.45, 2.75) is 83.1 Å². The van der Waals surface area contributed by atoms with Gasteiger partial charge in [-0.2, -0.15) is 0 Å². The third kappa shape index (κ3) is 9.02. The Labute approximate surface area is 261 Å². The van der Waals surface area contributed by atoms with E-state index >= 15 is 0 Å². The van der Waals surface area contributed by atoms with Gasteiger partial charge in [0.1, 0.15) is 11.6 Å². The fourth-order valence-electron chi connectivity index (χ4n) is 6.19. The first kappa shape index (κ1) is 31.9. The number of rotatable bonds is 16. The number of aromatic nitrogens is 2. The van der Waals surface area contributed by atoms with Gasteiger partial charge in [-0.3, -0.25) is 0 Å². The molecule has 1 aliphatic heterocycles. The smallest absolute Gasteiger partial charge is 0.123 e. The van der Waals surface area contributed by atoms with Gasteiger partial charge in [-0.1, -0.05) is 63.3 Å². The zero-order valence-electron chi connectivity index (χ0n) is 25.9. The summed E-state index contributed by atoms with van der Waals surface area (Å²) in [5.41, 5.74) is 6.88. The number of nitrogens with one attached hydrogen (secondary N) is 1. The molecular formula is C38H45F2N3O. The molecule has 5 rings (SSSR count). The van der Waals surface area contributed by atoms with Crippen LogP contribution >= 0.6 is 0 Å². The van der Waals surface area contributed by atoms with Crippen LogP contribution in [-0.2, 0) is 17.6 Å². The van der Waals surface area contributed by atoms with Gasteiger partial charge in [-0.05, 0) is 110 Å². The number of aryl methyl sites for hydroxylation is 2. The standard InChI is InChI=1S/C38H45F2N3O/c1-2-3-4-5-6-7-9-28-11-13-29(14-12-28)35-23-24-41-37(35)27-44-25-8-10-32-26-36(30-15-19-33(39)20-16-30)42-43-38(32)31-17-21-34(40)22-18-31/h11-22,26,35,37,41H,2-10,23-25,27H2,1H3/t35-,37-/m1/s1. The van der Waals surface area contributed by atoms with E-state index in [0.717, 1.165) is 48.2 Å². The Kier molecular flexibility index (Phi) is 12.0. The average Bonchev–Trinajstić information content (AvgIpc) is 3.52. The maximum absolute atomic E-state index is 13.6. The second-order valence-electron chi connectivity index (χ2n) is 12.0. The van der Waals surface area contributed by atoms with Crippen LogP contribution in [0.2, 0.25) is 0 Å². The number of ether oxygens (including phenoxy) is 1. The molecule has 232 valence electrons. The molecule has 1 aromatic heterocycles. The van der Waals surface area contributed by atoms with E-state index in [2.05, 4.69) is 46.7 Å². The van der Waals surface area contributed by atoms with Crippen LogP contribution in [0.25, 0.3) is 22.5 Å². The monoisotopic (exact) mass is 597 g/mol. The van der Waals surface area contributed by atoms with Crippen LogP contribution in [0, 0.1) is 11.6 Å². The van der Waals surface area contributed by atoms with Gasteiger partial charge in [0.2, 0.25) is 0 Å². The average molecular weight is 598 g/mol. The van der Waals surface area contributed by atoms with Crippen molar-refractivity contribution >= 4 is 0 Å². The minimum Gasteiger partial charge on any atom is -0.380 e. The molecule has 3 aromatic carbocycles. The summed E-state index contributed by atoms with van der Waals surface area (Å²) in [6.07, 6.45) is 11.8. The lowest BCUT2D eigenvalue weighted by Crippen LogP contribution is -2.31. The van der Waals surface area contributed by atoms with Gasteiger partial charge in [-0.25, -0.2) is 8.78 Å². The van der Waals surface area contributed by atoms with E-state index < -0.39 is 0 Å². The normalized spacial score (nSPS) is 16.4. The number of benzene rings is 3. The maximum atomic E-state index is 13.6. The number of unbranched alkanes of at least 4 members (excludes halogenated alkanes) is 5. The van der Waals surface area contributed by atoms with Crippen LogP contribution in [0.5, 0.6) is 0 Å². The Morgan fingerprint density at radius 3 is 2.16 bits per heavy atom. The van der Waals surface area contributed by atoms with Crippen LogP contribution in [-0.4, -0.2) is 36.0 Å². The SMILES string of the molecule is CCCCCCCCc1ccc([C@H]2CCN[C@@H]2COCCCc2cc(-c3ccc(F)cc3)nnc2-c2ccc(F)cc2)cc1. The van der Waals surface area contributed by atoms with E-state index in [9.17, 15) is 8.78 Å². The van der Waals surface area contributed by atoms with Crippen LogP contribution in [0.1, 0.15) is 80.9 Å². The summed E-state index contributed by atoms with van der Waals surface area (Å²) in [6.45, 7) is 4.57. The van der Waals surface area contributed by atoms with Gasteiger partial charge in [-0.15, -0.1) is 10.2 Å². The third-order valence-corrected chi connectivity index (χ3v) is 8.74. The minimum absolute atomic E-state index is 0.289. The third-order valence-electron chi connectivity index (χ3n) is 8.74. The van der Waals surface area contributed by atoms with Crippen molar-refractivity contribution in [3.05, 3.63) is 107 Å². The molecule has 2 atom stereocenters. The molecule has 0 aliphatic carbocycles. The molecule has 0 amide bonds. The molecule has 0 unspecified atom stereocenters. The fraction of sp³-hybridized carbons (Fsp3) is 0.421. The highest BCUT2D eigenvalue weighted by Gasteiger charge is 2.28. The van der Waals surface area contributed by atoms with Crippen LogP contribution in [0.3, 0.4) is 0 Å². The summed E-state index contributed by atoms with van der Waals surface area (Å²) in [6, 6.07) is 24.2. The summed E-state index contributed by atoms with van der Waals surface area (Å²) >= 11 is 0. The summed E-state index contributed by atoms with van der Waals surface area (Å²) < 4.78 is 33.3. The summed E-state index contributed by atoms with van der Waals surface area (Å²) in [5, 5.41) is 12.6. The molecule has 1 N–H and O–H groups in total. The number of hydrogen-bond donors (Lipinski definition) is 1. The van der Waals surface area contributed by atoms with Gasteiger partial charge < -0.3 is 10.1 Å². The Bertz CT molecular complexity index is 1420. The molecule has 1 fully saturated rings. The van der Waals surface area contributed by atoms with E-state index in [1.807, 2.05) is 6.07 Å². The van der Waals surface area contributed by atoms with Gasteiger partial charge >= 0.3 is 0 Å². The Hall–Kier alpha value is -3.48. The number of nitrogens with zero attached hydrogens (tertiary/aromatic N) is 2. The lowest BCUT2D eigenvalue weighted by atomic mass is 9.91. The van der Waals surface area contributed by atoms with Gasteiger partial charge in [0.25, 0.3) is 0 Å². The minimum atomic E-state index is -0.290. The summed E-state index contributed by atoms with van der Waals surface area (Å²) in [5.74, 6) is -0.116. The molecule has 0 saturated carbocycles. The van der Waals surface area contributed by atoms with Gasteiger partial charge in [0.15, 0.2) is 0 Å². The van der Waals surface area contributed by atoms with Crippen molar-refractivity contribution in [2.75, 3.05) is 19.8 Å². The predicted molar refractivity (Wildman–Crippen MR) is 175 cm³/mol. The second-order valence-corrected chi connectivity index (χ2v) is 12.0. The molecule has 2 heterocycles. The lowest BCUT2D eigenvalue weighted by Gasteiger charge is -2.20. The largest absolute Gasteiger partial charge is 0.380 e. The second kappa shape index (κ2) is 16.6. The predicted octanol–water partition coefficient (Wildman–Crippen LogP) is 9.09. The summed E-state index contributed by atoms with van der Waals surface area (Å²) in [4.78, 5) is 0.